The summed E-state index contributed by atoms with van der Waals surface area (Å²) in [6.07, 6.45) is 0. The highest BCUT2D eigenvalue weighted by molar-refractivity contribution is 6.42. The van der Waals surface area contributed by atoms with E-state index in [0.717, 1.165) is 0 Å². The van der Waals surface area contributed by atoms with Crippen LogP contribution >= 0.6 is 23.2 Å². The summed E-state index contributed by atoms with van der Waals surface area (Å²) in [5, 5.41) is 3.46. The van der Waals surface area contributed by atoms with Gasteiger partial charge >= 0.3 is 0 Å². The fourth-order valence-corrected chi connectivity index (χ4v) is 1.78. The minimum absolute atomic E-state index is 0.193. The van der Waals surface area contributed by atoms with E-state index in [1.165, 1.54) is 0 Å². The molecule has 1 amide bonds. The molecule has 19 heavy (non-hydrogen) atoms. The van der Waals surface area contributed by atoms with Crippen molar-refractivity contribution < 1.29 is 9.21 Å². The molecule has 0 saturated carbocycles. The Morgan fingerprint density at radius 2 is 2.00 bits per heavy atom. The summed E-state index contributed by atoms with van der Waals surface area (Å²) in [6.45, 7) is 1.78. The Morgan fingerprint density at radius 3 is 2.58 bits per heavy atom. The normalized spacial score (nSPS) is 12.2. The Balaban J connectivity index is 2.13. The third kappa shape index (κ3) is 3.29. The Bertz CT molecular complexity index is 608. The van der Waals surface area contributed by atoms with Gasteiger partial charge in [-0.2, -0.15) is 0 Å². The molecule has 4 nitrogen and oxygen atoms in total. The quantitative estimate of drug-likeness (QED) is 0.904. The van der Waals surface area contributed by atoms with Crippen molar-refractivity contribution in [1.29, 1.82) is 0 Å². The summed E-state index contributed by atoms with van der Waals surface area (Å²) in [4.78, 5) is 11.9. The Morgan fingerprint density at radius 1 is 1.26 bits per heavy atom. The van der Waals surface area contributed by atoms with Gasteiger partial charge in [0.05, 0.1) is 16.1 Å². The zero-order chi connectivity index (χ0) is 14.0. The van der Waals surface area contributed by atoms with E-state index in [1.54, 1.807) is 37.3 Å². The Kier molecular flexibility index (Phi) is 4.14. The van der Waals surface area contributed by atoms with Gasteiger partial charge in [-0.25, -0.2) is 0 Å². The molecule has 0 aliphatic heterocycles. The minimum Gasteiger partial charge on any atom is -0.454 e. The molecule has 1 aromatic heterocycles. The number of carbonyl (C=O) groups excluding carboxylic acids is 1. The van der Waals surface area contributed by atoms with Gasteiger partial charge in [-0.05, 0) is 37.3 Å². The average molecular weight is 299 g/mol. The highest BCUT2D eigenvalue weighted by atomic mass is 35.5. The van der Waals surface area contributed by atoms with Gasteiger partial charge in [-0.15, -0.1) is 0 Å². The van der Waals surface area contributed by atoms with Crippen molar-refractivity contribution in [3.05, 3.63) is 51.9 Å². The van der Waals surface area contributed by atoms with Gasteiger partial charge in [-0.1, -0.05) is 23.2 Å². The van der Waals surface area contributed by atoms with Crippen molar-refractivity contribution in [2.24, 2.45) is 5.73 Å². The molecule has 0 spiro atoms. The van der Waals surface area contributed by atoms with Gasteiger partial charge in [0.25, 0.3) is 5.91 Å². The smallest absolute Gasteiger partial charge is 0.291 e. The second-order valence-corrected chi connectivity index (χ2v) is 4.89. The first-order chi connectivity index (χ1) is 8.97. The second kappa shape index (κ2) is 5.65. The standard InChI is InChI=1S/C13H12Cl2N2O2/c1-7(16)11-4-5-12(19-11)13(18)17-8-2-3-9(14)10(15)6-8/h2-7H,16H2,1H3,(H,17,18). The SMILES string of the molecule is CC(N)c1ccc(C(=O)Nc2ccc(Cl)c(Cl)c2)o1. The molecule has 0 saturated heterocycles. The molecule has 3 N–H and O–H groups in total. The van der Waals surface area contributed by atoms with Crippen LogP contribution in [0.3, 0.4) is 0 Å². The molecule has 2 rings (SSSR count). The average Bonchev–Trinajstić information content (AvgIpc) is 2.83. The number of nitrogens with two attached hydrogens (primary N) is 1. The number of furan rings is 1. The summed E-state index contributed by atoms with van der Waals surface area (Å²) in [5.41, 5.74) is 6.20. The lowest BCUT2D eigenvalue weighted by Gasteiger charge is -2.05. The van der Waals surface area contributed by atoms with Crippen molar-refractivity contribution in [2.45, 2.75) is 13.0 Å². The van der Waals surface area contributed by atoms with Crippen LogP contribution in [-0.4, -0.2) is 5.91 Å². The first-order valence-electron chi connectivity index (χ1n) is 5.59. The third-order valence-corrected chi connectivity index (χ3v) is 3.22. The number of carbonyl (C=O) groups is 1. The van der Waals surface area contributed by atoms with Crippen LogP contribution in [-0.2, 0) is 0 Å². The van der Waals surface area contributed by atoms with Crippen molar-refractivity contribution in [3.63, 3.8) is 0 Å². The van der Waals surface area contributed by atoms with Gasteiger partial charge in [0.1, 0.15) is 5.76 Å². The van der Waals surface area contributed by atoms with Crippen LogP contribution in [0.1, 0.15) is 29.3 Å². The molecule has 2 aromatic rings. The monoisotopic (exact) mass is 298 g/mol. The highest BCUT2D eigenvalue weighted by Crippen LogP contribution is 2.25. The lowest BCUT2D eigenvalue weighted by molar-refractivity contribution is 0.0994. The molecular weight excluding hydrogens is 287 g/mol. The van der Waals surface area contributed by atoms with Gasteiger partial charge in [0.2, 0.25) is 0 Å². The molecule has 1 heterocycles. The molecule has 1 atom stereocenters. The number of benzene rings is 1. The predicted octanol–water partition coefficient (Wildman–Crippen LogP) is 3.86. The molecule has 0 aliphatic carbocycles. The van der Waals surface area contributed by atoms with Crippen LogP contribution in [0, 0.1) is 0 Å². The maximum absolute atomic E-state index is 11.9. The first-order valence-corrected chi connectivity index (χ1v) is 6.34. The fourth-order valence-electron chi connectivity index (χ4n) is 1.49. The number of anilines is 1. The van der Waals surface area contributed by atoms with Crippen LogP contribution in [0.2, 0.25) is 10.0 Å². The van der Waals surface area contributed by atoms with Gasteiger partial charge in [0.15, 0.2) is 5.76 Å². The van der Waals surface area contributed by atoms with Gasteiger partial charge < -0.3 is 15.5 Å². The largest absolute Gasteiger partial charge is 0.454 e. The van der Waals surface area contributed by atoms with Crippen molar-refractivity contribution in [3.8, 4) is 0 Å². The molecule has 100 valence electrons. The van der Waals surface area contributed by atoms with Gasteiger partial charge in [0, 0.05) is 5.69 Å². The van der Waals surface area contributed by atoms with Crippen molar-refractivity contribution >= 4 is 34.8 Å². The second-order valence-electron chi connectivity index (χ2n) is 4.07. The Hall–Kier alpha value is -1.49. The van der Waals surface area contributed by atoms with E-state index in [1.807, 2.05) is 0 Å². The molecule has 0 aliphatic rings. The number of hydrogen-bond donors (Lipinski definition) is 2. The summed E-state index contributed by atoms with van der Waals surface area (Å²) >= 11 is 11.7. The van der Waals surface area contributed by atoms with E-state index in [2.05, 4.69) is 5.32 Å². The number of halogens is 2. The van der Waals surface area contributed by atoms with E-state index in [4.69, 9.17) is 33.4 Å². The maximum Gasteiger partial charge on any atom is 0.291 e. The van der Waals surface area contributed by atoms with E-state index in [9.17, 15) is 4.79 Å². The predicted molar refractivity (Wildman–Crippen MR) is 75.7 cm³/mol. The number of rotatable bonds is 3. The molecule has 6 heteroatoms. The van der Waals surface area contributed by atoms with E-state index in [-0.39, 0.29) is 17.7 Å². The lowest BCUT2D eigenvalue weighted by atomic mass is 10.3. The number of nitrogens with one attached hydrogen (secondary N) is 1. The van der Waals surface area contributed by atoms with Crippen molar-refractivity contribution in [1.82, 2.24) is 0 Å². The van der Waals surface area contributed by atoms with E-state index >= 15 is 0 Å². The highest BCUT2D eigenvalue weighted by Gasteiger charge is 2.13. The number of hydrogen-bond acceptors (Lipinski definition) is 3. The van der Waals surface area contributed by atoms with Crippen molar-refractivity contribution in [2.75, 3.05) is 5.32 Å². The molecule has 1 unspecified atom stereocenters. The zero-order valence-corrected chi connectivity index (χ0v) is 11.6. The zero-order valence-electron chi connectivity index (χ0n) is 10.1. The molecule has 0 bridgehead atoms. The van der Waals surface area contributed by atoms with Crippen LogP contribution in [0.15, 0.2) is 34.7 Å². The van der Waals surface area contributed by atoms with Crippen LogP contribution in [0.5, 0.6) is 0 Å². The molecular formula is C13H12Cl2N2O2. The van der Waals surface area contributed by atoms with Crippen LogP contribution < -0.4 is 11.1 Å². The topological polar surface area (TPSA) is 68.3 Å². The summed E-state index contributed by atoms with van der Waals surface area (Å²) < 4.78 is 5.34. The van der Waals surface area contributed by atoms with E-state index < -0.39 is 0 Å². The summed E-state index contributed by atoms with van der Waals surface area (Å²) in [7, 11) is 0. The van der Waals surface area contributed by atoms with E-state index in [0.29, 0.717) is 21.5 Å². The molecule has 0 radical (unpaired) electrons. The van der Waals surface area contributed by atoms with Gasteiger partial charge in [-0.3, -0.25) is 4.79 Å². The first kappa shape index (κ1) is 13.9. The summed E-state index contributed by atoms with van der Waals surface area (Å²) in [5.74, 6) is 0.378. The third-order valence-electron chi connectivity index (χ3n) is 2.48. The maximum atomic E-state index is 11.9. The molecule has 1 aromatic carbocycles. The summed E-state index contributed by atoms with van der Waals surface area (Å²) in [6, 6.07) is 7.82. The number of amides is 1. The van der Waals surface area contributed by atoms with Crippen LogP contribution in [0.25, 0.3) is 0 Å². The minimum atomic E-state index is -0.370. The molecule has 0 fully saturated rings. The fraction of sp³-hybridized carbons (Fsp3) is 0.154. The lowest BCUT2D eigenvalue weighted by Crippen LogP contribution is -2.11. The van der Waals surface area contributed by atoms with Crippen LogP contribution in [0.4, 0.5) is 5.69 Å². The Labute approximate surface area is 120 Å².